The second-order valence-corrected chi connectivity index (χ2v) is 4.30. The van der Waals surface area contributed by atoms with Crippen LogP contribution in [0.4, 0.5) is 0 Å². The van der Waals surface area contributed by atoms with E-state index in [1.807, 2.05) is 18.2 Å². The van der Waals surface area contributed by atoms with Gasteiger partial charge in [-0.15, -0.1) is 11.8 Å². The summed E-state index contributed by atoms with van der Waals surface area (Å²) in [5.41, 5.74) is 5.55. The van der Waals surface area contributed by atoms with Crippen molar-refractivity contribution in [3.05, 3.63) is 24.3 Å². The maximum Gasteiger partial charge on any atom is 0.132 e. The normalized spacial score (nSPS) is 12.5. The highest BCUT2D eigenvalue weighted by Gasteiger charge is 2.06. The molecule has 1 aromatic carbocycles. The molecule has 0 aliphatic carbocycles. The first-order valence-electron chi connectivity index (χ1n) is 4.27. The van der Waals surface area contributed by atoms with Crippen LogP contribution >= 0.6 is 11.8 Å². The number of hydrogen-bond donors (Lipinski definition) is 1. The molecular formula is C10H15NOS. The Bertz CT molecular complexity index is 265. The van der Waals surface area contributed by atoms with Gasteiger partial charge in [0.05, 0.1) is 7.11 Å². The van der Waals surface area contributed by atoms with Crippen molar-refractivity contribution in [2.45, 2.75) is 17.1 Å². The van der Waals surface area contributed by atoms with Crippen molar-refractivity contribution in [3.8, 4) is 5.75 Å². The molecule has 13 heavy (non-hydrogen) atoms. The summed E-state index contributed by atoms with van der Waals surface area (Å²) in [6.07, 6.45) is 0. The van der Waals surface area contributed by atoms with E-state index in [0.717, 1.165) is 10.6 Å². The molecule has 0 aliphatic heterocycles. The van der Waals surface area contributed by atoms with E-state index in [9.17, 15) is 0 Å². The molecule has 1 rings (SSSR count). The van der Waals surface area contributed by atoms with E-state index in [-0.39, 0.29) is 0 Å². The van der Waals surface area contributed by atoms with Crippen molar-refractivity contribution < 1.29 is 4.74 Å². The number of rotatable bonds is 4. The molecule has 0 aromatic heterocycles. The van der Waals surface area contributed by atoms with Crippen LogP contribution < -0.4 is 10.5 Å². The number of hydrogen-bond acceptors (Lipinski definition) is 3. The van der Waals surface area contributed by atoms with Crippen LogP contribution in [0.3, 0.4) is 0 Å². The fourth-order valence-electron chi connectivity index (χ4n) is 0.981. The Kier molecular flexibility index (Phi) is 4.12. The van der Waals surface area contributed by atoms with E-state index in [1.165, 1.54) is 0 Å². The van der Waals surface area contributed by atoms with Crippen molar-refractivity contribution in [2.24, 2.45) is 5.73 Å². The van der Waals surface area contributed by atoms with Crippen LogP contribution in [0.15, 0.2) is 29.2 Å². The Morgan fingerprint density at radius 2 is 2.15 bits per heavy atom. The highest BCUT2D eigenvalue weighted by molar-refractivity contribution is 8.00. The lowest BCUT2D eigenvalue weighted by Gasteiger charge is -2.11. The number of nitrogens with two attached hydrogens (primary N) is 1. The molecule has 0 spiro atoms. The molecule has 0 aliphatic rings. The van der Waals surface area contributed by atoms with E-state index < -0.39 is 0 Å². The Morgan fingerprint density at radius 1 is 1.46 bits per heavy atom. The fourth-order valence-corrected chi connectivity index (χ4v) is 1.94. The molecular weight excluding hydrogens is 182 g/mol. The topological polar surface area (TPSA) is 35.2 Å². The van der Waals surface area contributed by atoms with Crippen LogP contribution in [0.5, 0.6) is 5.75 Å². The molecule has 2 N–H and O–H groups in total. The Labute approximate surface area is 83.5 Å². The standard InChI is InChI=1S/C10H15NOS/c1-8(7-11)13-10-6-4-3-5-9(10)12-2/h3-6,8H,7,11H2,1-2H3. The summed E-state index contributed by atoms with van der Waals surface area (Å²) < 4.78 is 5.23. The van der Waals surface area contributed by atoms with Gasteiger partial charge in [-0.2, -0.15) is 0 Å². The van der Waals surface area contributed by atoms with E-state index in [1.54, 1.807) is 18.9 Å². The second-order valence-electron chi connectivity index (χ2n) is 2.82. The number of thioether (sulfide) groups is 1. The molecule has 0 heterocycles. The van der Waals surface area contributed by atoms with E-state index >= 15 is 0 Å². The third-order valence-corrected chi connectivity index (χ3v) is 2.92. The fraction of sp³-hybridized carbons (Fsp3) is 0.400. The van der Waals surface area contributed by atoms with Gasteiger partial charge in [0.25, 0.3) is 0 Å². The van der Waals surface area contributed by atoms with Crippen LogP contribution in [0.1, 0.15) is 6.92 Å². The zero-order valence-corrected chi connectivity index (χ0v) is 8.80. The van der Waals surface area contributed by atoms with Crippen LogP contribution in [0.25, 0.3) is 0 Å². The summed E-state index contributed by atoms with van der Waals surface area (Å²) in [5, 5.41) is 0.427. The van der Waals surface area contributed by atoms with Gasteiger partial charge in [-0.3, -0.25) is 0 Å². The smallest absolute Gasteiger partial charge is 0.132 e. The van der Waals surface area contributed by atoms with Crippen molar-refractivity contribution in [2.75, 3.05) is 13.7 Å². The maximum absolute atomic E-state index is 5.55. The summed E-state index contributed by atoms with van der Waals surface area (Å²) in [4.78, 5) is 1.16. The first kappa shape index (κ1) is 10.4. The summed E-state index contributed by atoms with van der Waals surface area (Å²) >= 11 is 1.74. The average molecular weight is 197 g/mol. The zero-order valence-electron chi connectivity index (χ0n) is 7.99. The van der Waals surface area contributed by atoms with Gasteiger partial charge in [-0.1, -0.05) is 19.1 Å². The molecule has 3 heteroatoms. The van der Waals surface area contributed by atoms with Crippen LogP contribution in [0.2, 0.25) is 0 Å². The van der Waals surface area contributed by atoms with Gasteiger partial charge in [0, 0.05) is 16.7 Å². The van der Waals surface area contributed by atoms with Crippen molar-refractivity contribution >= 4 is 11.8 Å². The van der Waals surface area contributed by atoms with E-state index in [0.29, 0.717) is 11.8 Å². The van der Waals surface area contributed by atoms with Gasteiger partial charge < -0.3 is 10.5 Å². The molecule has 0 saturated heterocycles. The van der Waals surface area contributed by atoms with Gasteiger partial charge in [0.15, 0.2) is 0 Å². The minimum Gasteiger partial charge on any atom is -0.496 e. The summed E-state index contributed by atoms with van der Waals surface area (Å²) in [5.74, 6) is 0.924. The highest BCUT2D eigenvalue weighted by atomic mass is 32.2. The lowest BCUT2D eigenvalue weighted by Crippen LogP contribution is -2.12. The second kappa shape index (κ2) is 5.14. The minimum absolute atomic E-state index is 0.427. The summed E-state index contributed by atoms with van der Waals surface area (Å²) in [6.45, 7) is 2.79. The van der Waals surface area contributed by atoms with Crippen molar-refractivity contribution in [1.82, 2.24) is 0 Å². The van der Waals surface area contributed by atoms with Crippen LogP contribution in [-0.2, 0) is 0 Å². The van der Waals surface area contributed by atoms with Gasteiger partial charge in [0.1, 0.15) is 5.75 Å². The molecule has 0 amide bonds. The quantitative estimate of drug-likeness (QED) is 0.751. The zero-order chi connectivity index (χ0) is 9.68. The van der Waals surface area contributed by atoms with Crippen molar-refractivity contribution in [3.63, 3.8) is 0 Å². The molecule has 1 atom stereocenters. The molecule has 0 saturated carbocycles. The van der Waals surface area contributed by atoms with Crippen LogP contribution in [-0.4, -0.2) is 18.9 Å². The van der Waals surface area contributed by atoms with Crippen molar-refractivity contribution in [1.29, 1.82) is 0 Å². The Hall–Kier alpha value is -0.670. The third kappa shape index (κ3) is 2.94. The first-order chi connectivity index (χ1) is 6.27. The first-order valence-corrected chi connectivity index (χ1v) is 5.15. The predicted molar refractivity (Wildman–Crippen MR) is 57.4 cm³/mol. The minimum atomic E-state index is 0.427. The van der Waals surface area contributed by atoms with Crippen LogP contribution in [0, 0.1) is 0 Å². The molecule has 0 radical (unpaired) electrons. The van der Waals surface area contributed by atoms with Gasteiger partial charge in [-0.05, 0) is 12.1 Å². The largest absolute Gasteiger partial charge is 0.496 e. The summed E-state index contributed by atoms with van der Waals surface area (Å²) in [6, 6.07) is 7.99. The lowest BCUT2D eigenvalue weighted by molar-refractivity contribution is 0.405. The predicted octanol–water partition coefficient (Wildman–Crippen LogP) is 2.13. The molecule has 0 fully saturated rings. The molecule has 0 bridgehead atoms. The number of methoxy groups -OCH3 is 1. The maximum atomic E-state index is 5.55. The Balaban J connectivity index is 2.74. The number of ether oxygens (including phenoxy) is 1. The lowest BCUT2D eigenvalue weighted by atomic mass is 10.3. The third-order valence-electron chi connectivity index (χ3n) is 1.73. The van der Waals surface area contributed by atoms with Gasteiger partial charge >= 0.3 is 0 Å². The molecule has 1 aromatic rings. The Morgan fingerprint density at radius 3 is 2.77 bits per heavy atom. The molecule has 1 unspecified atom stereocenters. The monoisotopic (exact) mass is 197 g/mol. The molecule has 72 valence electrons. The van der Waals surface area contributed by atoms with Gasteiger partial charge in [0.2, 0.25) is 0 Å². The summed E-state index contributed by atoms with van der Waals surface area (Å²) in [7, 11) is 1.69. The van der Waals surface area contributed by atoms with E-state index in [4.69, 9.17) is 10.5 Å². The molecule has 2 nitrogen and oxygen atoms in total. The average Bonchev–Trinajstić information content (AvgIpc) is 2.18. The highest BCUT2D eigenvalue weighted by Crippen LogP contribution is 2.31. The number of benzene rings is 1. The van der Waals surface area contributed by atoms with E-state index in [2.05, 4.69) is 13.0 Å². The number of para-hydroxylation sites is 1. The SMILES string of the molecule is COc1ccccc1SC(C)CN. The van der Waals surface area contributed by atoms with Gasteiger partial charge in [-0.25, -0.2) is 0 Å².